The van der Waals surface area contributed by atoms with Crippen LogP contribution in [0.15, 0.2) is 42.5 Å². The molecule has 1 saturated heterocycles. The van der Waals surface area contributed by atoms with Gasteiger partial charge in [-0.25, -0.2) is 13.1 Å². The predicted octanol–water partition coefficient (Wildman–Crippen LogP) is 1.91. The van der Waals surface area contributed by atoms with Gasteiger partial charge < -0.3 is 4.74 Å². The van der Waals surface area contributed by atoms with Crippen LogP contribution in [0.4, 0.5) is 0 Å². The summed E-state index contributed by atoms with van der Waals surface area (Å²) in [6, 6.07) is 13.8. The summed E-state index contributed by atoms with van der Waals surface area (Å²) < 4.78 is 30.8. The summed E-state index contributed by atoms with van der Waals surface area (Å²) in [6.45, 7) is 0.373. The smallest absolute Gasteiger partial charge is 0.212 e. The minimum absolute atomic E-state index is 0.114. The maximum Gasteiger partial charge on any atom is 0.212 e. The fraction of sp³-hybridized carbons (Fsp3) is 0.286. The average molecular weight is 277 g/mol. The quantitative estimate of drug-likeness (QED) is 0.932. The highest BCUT2D eigenvalue weighted by Gasteiger charge is 2.26. The fourth-order valence-corrected chi connectivity index (χ4v) is 3.65. The van der Waals surface area contributed by atoms with Crippen LogP contribution in [-0.2, 0) is 10.0 Å². The standard InChI is InChI=1S/C14H15NO3S/c16-19(17)8-7-13(15-19)10-18-14-6-5-11-3-1-2-4-12(11)9-14/h1-6,9,13,15H,7-8,10H2. The Hall–Kier alpha value is -1.59. The zero-order valence-electron chi connectivity index (χ0n) is 10.4. The van der Waals surface area contributed by atoms with E-state index in [0.717, 1.165) is 16.5 Å². The van der Waals surface area contributed by atoms with Crippen molar-refractivity contribution in [3.8, 4) is 5.75 Å². The van der Waals surface area contributed by atoms with E-state index in [9.17, 15) is 8.42 Å². The van der Waals surface area contributed by atoms with Gasteiger partial charge in [-0.15, -0.1) is 0 Å². The van der Waals surface area contributed by atoms with Gasteiger partial charge in [0.25, 0.3) is 0 Å². The van der Waals surface area contributed by atoms with E-state index in [1.165, 1.54) is 0 Å². The van der Waals surface area contributed by atoms with Crippen LogP contribution >= 0.6 is 0 Å². The number of sulfonamides is 1. The summed E-state index contributed by atoms with van der Waals surface area (Å²) in [5.41, 5.74) is 0. The first-order chi connectivity index (χ1) is 9.12. The highest BCUT2D eigenvalue weighted by Crippen LogP contribution is 2.21. The summed E-state index contributed by atoms with van der Waals surface area (Å²) in [7, 11) is -3.06. The Morgan fingerprint density at radius 1 is 1.16 bits per heavy atom. The molecule has 1 unspecified atom stereocenters. The molecule has 19 heavy (non-hydrogen) atoms. The lowest BCUT2D eigenvalue weighted by Gasteiger charge is -2.11. The summed E-state index contributed by atoms with van der Waals surface area (Å²) >= 11 is 0. The number of benzene rings is 2. The molecular formula is C14H15NO3S. The molecule has 1 atom stereocenters. The van der Waals surface area contributed by atoms with Crippen LogP contribution in [0.3, 0.4) is 0 Å². The molecule has 0 saturated carbocycles. The zero-order valence-corrected chi connectivity index (χ0v) is 11.2. The first kappa shape index (κ1) is 12.4. The van der Waals surface area contributed by atoms with Gasteiger partial charge in [-0.2, -0.15) is 0 Å². The van der Waals surface area contributed by atoms with E-state index in [1.807, 2.05) is 42.5 Å². The Kier molecular flexibility index (Phi) is 3.16. The molecule has 1 aliphatic heterocycles. The van der Waals surface area contributed by atoms with Gasteiger partial charge in [-0.05, 0) is 29.3 Å². The molecule has 0 radical (unpaired) electrons. The van der Waals surface area contributed by atoms with Crippen molar-refractivity contribution in [2.75, 3.05) is 12.4 Å². The Bertz CT molecular complexity index is 697. The lowest BCUT2D eigenvalue weighted by Crippen LogP contribution is -2.30. The second kappa shape index (κ2) is 4.83. The molecule has 1 aliphatic rings. The number of hydrogen-bond acceptors (Lipinski definition) is 3. The Morgan fingerprint density at radius 3 is 2.68 bits per heavy atom. The molecule has 4 nitrogen and oxygen atoms in total. The van der Waals surface area contributed by atoms with E-state index >= 15 is 0 Å². The van der Waals surface area contributed by atoms with Crippen molar-refractivity contribution in [3.05, 3.63) is 42.5 Å². The Morgan fingerprint density at radius 2 is 1.95 bits per heavy atom. The molecule has 1 N–H and O–H groups in total. The zero-order chi connectivity index (χ0) is 13.3. The van der Waals surface area contributed by atoms with Crippen LogP contribution < -0.4 is 9.46 Å². The van der Waals surface area contributed by atoms with Gasteiger partial charge >= 0.3 is 0 Å². The molecule has 1 fully saturated rings. The molecule has 0 aromatic heterocycles. The number of nitrogens with one attached hydrogen (secondary N) is 1. The van der Waals surface area contributed by atoms with Crippen molar-refractivity contribution in [3.63, 3.8) is 0 Å². The fourth-order valence-electron chi connectivity index (χ4n) is 2.24. The summed E-state index contributed by atoms with van der Waals surface area (Å²) in [6.07, 6.45) is 0.607. The van der Waals surface area contributed by atoms with Crippen LogP contribution in [0.25, 0.3) is 10.8 Å². The van der Waals surface area contributed by atoms with Crippen LogP contribution in [0, 0.1) is 0 Å². The molecule has 5 heteroatoms. The second-order valence-corrected chi connectivity index (χ2v) is 6.62. The van der Waals surface area contributed by atoms with E-state index in [2.05, 4.69) is 4.72 Å². The predicted molar refractivity (Wildman–Crippen MR) is 74.8 cm³/mol. The molecule has 0 amide bonds. The van der Waals surface area contributed by atoms with E-state index < -0.39 is 10.0 Å². The van der Waals surface area contributed by atoms with Gasteiger partial charge in [-0.3, -0.25) is 0 Å². The molecule has 0 spiro atoms. The van der Waals surface area contributed by atoms with E-state index in [0.29, 0.717) is 13.0 Å². The second-order valence-electron chi connectivity index (χ2n) is 4.74. The summed E-state index contributed by atoms with van der Waals surface area (Å²) in [5, 5.41) is 2.28. The highest BCUT2D eigenvalue weighted by atomic mass is 32.2. The van der Waals surface area contributed by atoms with Gasteiger partial charge in [0.15, 0.2) is 0 Å². The van der Waals surface area contributed by atoms with Crippen LogP contribution in [0.2, 0.25) is 0 Å². The molecule has 2 aromatic rings. The number of fused-ring (bicyclic) bond motifs is 1. The lowest BCUT2D eigenvalue weighted by atomic mass is 10.1. The van der Waals surface area contributed by atoms with Crippen molar-refractivity contribution in [1.29, 1.82) is 0 Å². The number of ether oxygens (including phenoxy) is 1. The molecule has 1 heterocycles. The van der Waals surface area contributed by atoms with E-state index in [1.54, 1.807) is 0 Å². The lowest BCUT2D eigenvalue weighted by molar-refractivity contribution is 0.282. The van der Waals surface area contributed by atoms with Gasteiger partial charge in [0.1, 0.15) is 12.4 Å². The maximum absolute atomic E-state index is 11.3. The van der Waals surface area contributed by atoms with Gasteiger partial charge in [0, 0.05) is 0 Å². The number of hydrogen-bond donors (Lipinski definition) is 1. The molecule has 0 bridgehead atoms. The van der Waals surface area contributed by atoms with Crippen molar-refractivity contribution in [2.24, 2.45) is 0 Å². The topological polar surface area (TPSA) is 55.4 Å². The third-order valence-corrected chi connectivity index (χ3v) is 4.72. The molecule has 2 aromatic carbocycles. The van der Waals surface area contributed by atoms with Crippen LogP contribution in [-0.4, -0.2) is 26.8 Å². The van der Waals surface area contributed by atoms with Crippen LogP contribution in [0.5, 0.6) is 5.75 Å². The van der Waals surface area contributed by atoms with Crippen LogP contribution in [0.1, 0.15) is 6.42 Å². The highest BCUT2D eigenvalue weighted by molar-refractivity contribution is 7.89. The first-order valence-electron chi connectivity index (χ1n) is 6.24. The summed E-state index contributed by atoms with van der Waals surface area (Å²) in [5.74, 6) is 0.962. The van der Waals surface area contributed by atoms with Crippen molar-refractivity contribution in [1.82, 2.24) is 4.72 Å². The van der Waals surface area contributed by atoms with E-state index in [-0.39, 0.29) is 11.8 Å². The molecule has 100 valence electrons. The van der Waals surface area contributed by atoms with Crippen molar-refractivity contribution >= 4 is 20.8 Å². The largest absolute Gasteiger partial charge is 0.492 e. The molecular weight excluding hydrogens is 262 g/mol. The maximum atomic E-state index is 11.3. The average Bonchev–Trinajstić information content (AvgIpc) is 2.76. The normalized spacial score (nSPS) is 21.6. The minimum atomic E-state index is -3.06. The van der Waals surface area contributed by atoms with Crippen molar-refractivity contribution in [2.45, 2.75) is 12.5 Å². The SMILES string of the molecule is O=S1(=O)CCC(COc2ccc3ccccc3c2)N1. The summed E-state index contributed by atoms with van der Waals surface area (Å²) in [4.78, 5) is 0. The van der Waals surface area contributed by atoms with Crippen molar-refractivity contribution < 1.29 is 13.2 Å². The van der Waals surface area contributed by atoms with Gasteiger partial charge in [-0.1, -0.05) is 30.3 Å². The Labute approximate surface area is 112 Å². The first-order valence-corrected chi connectivity index (χ1v) is 7.89. The van der Waals surface area contributed by atoms with Gasteiger partial charge in [0.05, 0.1) is 11.8 Å². The Balaban J connectivity index is 1.69. The van der Waals surface area contributed by atoms with Gasteiger partial charge in [0.2, 0.25) is 10.0 Å². The third kappa shape index (κ3) is 2.88. The number of rotatable bonds is 3. The molecule has 0 aliphatic carbocycles. The molecule has 3 rings (SSSR count). The van der Waals surface area contributed by atoms with E-state index in [4.69, 9.17) is 4.74 Å². The third-order valence-electron chi connectivity index (χ3n) is 3.25. The minimum Gasteiger partial charge on any atom is -0.492 e. The monoisotopic (exact) mass is 277 g/mol.